The van der Waals surface area contributed by atoms with Gasteiger partial charge >= 0.3 is 0 Å². The zero-order valence-corrected chi connectivity index (χ0v) is 17.6. The molecule has 1 N–H and O–H groups in total. The summed E-state index contributed by atoms with van der Waals surface area (Å²) in [4.78, 5) is 18.6. The number of halogens is 1. The summed E-state index contributed by atoms with van der Waals surface area (Å²) in [5.41, 5.74) is 1.11. The largest absolute Gasteiger partial charge is 0.366 e. The van der Waals surface area contributed by atoms with Crippen LogP contribution < -0.4 is 10.2 Å². The molecule has 29 heavy (non-hydrogen) atoms. The van der Waals surface area contributed by atoms with Gasteiger partial charge in [0.05, 0.1) is 5.69 Å². The van der Waals surface area contributed by atoms with Crippen LogP contribution in [0, 0.1) is 11.7 Å². The lowest BCUT2D eigenvalue weighted by molar-refractivity contribution is -0.116. The maximum absolute atomic E-state index is 14.7. The van der Waals surface area contributed by atoms with Crippen molar-refractivity contribution >= 4 is 17.3 Å². The first-order valence-corrected chi connectivity index (χ1v) is 10.7. The first-order chi connectivity index (χ1) is 14.0. The van der Waals surface area contributed by atoms with Crippen molar-refractivity contribution in [3.63, 3.8) is 0 Å². The highest BCUT2D eigenvalue weighted by Crippen LogP contribution is 2.32. The van der Waals surface area contributed by atoms with Gasteiger partial charge in [-0.1, -0.05) is 25.9 Å². The number of carbonyl (C=O) groups is 1. The van der Waals surface area contributed by atoms with Crippen LogP contribution in [0.5, 0.6) is 0 Å². The summed E-state index contributed by atoms with van der Waals surface area (Å²) in [6.45, 7) is 7.29. The van der Waals surface area contributed by atoms with E-state index < -0.39 is 0 Å². The van der Waals surface area contributed by atoms with Crippen LogP contribution in [-0.2, 0) is 17.6 Å². The molecule has 1 aliphatic rings. The first-order valence-electron chi connectivity index (χ1n) is 10.7. The quantitative estimate of drug-likeness (QED) is 0.655. The Hall–Kier alpha value is -2.44. The van der Waals surface area contributed by atoms with E-state index in [1.165, 1.54) is 6.07 Å². The number of nitrogens with one attached hydrogen (secondary N) is 1. The normalized spacial score (nSPS) is 16.6. The molecule has 2 aromatic rings. The molecule has 7 heteroatoms. The zero-order valence-electron chi connectivity index (χ0n) is 17.6. The van der Waals surface area contributed by atoms with E-state index in [1.54, 1.807) is 12.1 Å². The van der Waals surface area contributed by atoms with Crippen molar-refractivity contribution in [2.75, 3.05) is 16.8 Å². The van der Waals surface area contributed by atoms with Crippen LogP contribution in [0.1, 0.15) is 64.6 Å². The number of rotatable bonds is 9. The lowest BCUT2D eigenvalue weighted by Crippen LogP contribution is -2.33. The number of aromatic nitrogens is 2. The predicted molar refractivity (Wildman–Crippen MR) is 111 cm³/mol. The average molecular weight is 403 g/mol. The molecule has 1 amide bonds. The minimum atomic E-state index is -0.287. The van der Waals surface area contributed by atoms with Crippen LogP contribution >= 0.6 is 0 Å². The summed E-state index contributed by atoms with van der Waals surface area (Å²) in [6, 6.07) is 5.34. The van der Waals surface area contributed by atoms with Crippen molar-refractivity contribution in [2.24, 2.45) is 5.92 Å². The van der Waals surface area contributed by atoms with Gasteiger partial charge in [0.2, 0.25) is 11.8 Å². The van der Waals surface area contributed by atoms with Gasteiger partial charge in [0.15, 0.2) is 5.82 Å². The molecule has 1 aliphatic heterocycles. The van der Waals surface area contributed by atoms with Gasteiger partial charge in [0.25, 0.3) is 0 Å². The van der Waals surface area contributed by atoms with Gasteiger partial charge in [-0.2, -0.15) is 4.98 Å². The standard InChI is InChI=1S/C22H31FN4O2/c1-4-7-20-25-22(29-26-20)10-5-9-21(28)24-16-11-12-19(17(23)14-16)27-13-6-8-18(27)15(2)3/h11-12,14-15,18H,4-10,13H2,1-3H3,(H,24,28)/t18-/m1/s1. The lowest BCUT2D eigenvalue weighted by atomic mass is 10.0. The summed E-state index contributed by atoms with van der Waals surface area (Å²) in [5, 5.41) is 6.69. The Kier molecular flexibility index (Phi) is 7.23. The van der Waals surface area contributed by atoms with Gasteiger partial charge in [0.1, 0.15) is 5.82 Å². The Balaban J connectivity index is 1.50. The third-order valence-corrected chi connectivity index (χ3v) is 5.39. The minimum absolute atomic E-state index is 0.147. The van der Waals surface area contributed by atoms with Crippen molar-refractivity contribution in [3.8, 4) is 0 Å². The molecule has 1 saturated heterocycles. The monoisotopic (exact) mass is 402 g/mol. The van der Waals surface area contributed by atoms with Crippen LogP contribution in [-0.4, -0.2) is 28.6 Å². The lowest BCUT2D eigenvalue weighted by Gasteiger charge is -2.30. The highest BCUT2D eigenvalue weighted by Gasteiger charge is 2.28. The van der Waals surface area contributed by atoms with Gasteiger partial charge in [-0.05, 0) is 49.8 Å². The maximum atomic E-state index is 14.7. The highest BCUT2D eigenvalue weighted by molar-refractivity contribution is 5.90. The molecule has 0 spiro atoms. The van der Waals surface area contributed by atoms with E-state index in [0.29, 0.717) is 54.3 Å². The maximum Gasteiger partial charge on any atom is 0.226 e. The number of aryl methyl sites for hydroxylation is 2. The Labute approximate surface area is 171 Å². The summed E-state index contributed by atoms with van der Waals surface area (Å²) in [7, 11) is 0. The van der Waals surface area contributed by atoms with Crippen molar-refractivity contribution in [1.82, 2.24) is 10.1 Å². The van der Waals surface area contributed by atoms with Crippen LogP contribution in [0.2, 0.25) is 0 Å². The summed E-state index contributed by atoms with van der Waals surface area (Å²) < 4.78 is 19.9. The number of hydrogen-bond acceptors (Lipinski definition) is 5. The average Bonchev–Trinajstić information content (AvgIpc) is 3.32. The molecule has 2 heterocycles. The molecule has 158 valence electrons. The number of benzene rings is 1. The minimum Gasteiger partial charge on any atom is -0.366 e. The molecule has 0 radical (unpaired) electrons. The van der Waals surface area contributed by atoms with E-state index >= 15 is 0 Å². The SMILES string of the molecule is CCCc1noc(CCCC(=O)Nc2ccc(N3CCC[C@@H]3C(C)C)c(F)c2)n1. The smallest absolute Gasteiger partial charge is 0.226 e. The predicted octanol–water partition coefficient (Wildman–Crippen LogP) is 4.75. The van der Waals surface area contributed by atoms with E-state index in [9.17, 15) is 9.18 Å². The highest BCUT2D eigenvalue weighted by atomic mass is 19.1. The van der Waals surface area contributed by atoms with E-state index in [0.717, 1.165) is 32.2 Å². The van der Waals surface area contributed by atoms with Crippen LogP contribution in [0.25, 0.3) is 0 Å². The second kappa shape index (κ2) is 9.85. The van der Waals surface area contributed by atoms with Crippen molar-refractivity contribution < 1.29 is 13.7 Å². The molecule has 1 fully saturated rings. The summed E-state index contributed by atoms with van der Waals surface area (Å²) in [5.74, 6) is 1.31. The van der Waals surface area contributed by atoms with Gasteiger partial charge in [-0.3, -0.25) is 4.79 Å². The number of nitrogens with zero attached hydrogens (tertiary/aromatic N) is 3. The van der Waals surface area contributed by atoms with Crippen LogP contribution in [0.15, 0.2) is 22.7 Å². The number of anilines is 2. The van der Waals surface area contributed by atoms with Crippen molar-refractivity contribution in [2.45, 2.75) is 71.8 Å². The fourth-order valence-corrected chi connectivity index (χ4v) is 3.94. The summed E-state index contributed by atoms with van der Waals surface area (Å²) in [6.07, 6.45) is 5.41. The number of carbonyl (C=O) groups excluding carboxylic acids is 1. The molecule has 0 saturated carbocycles. The molecule has 3 rings (SSSR count). The second-order valence-corrected chi connectivity index (χ2v) is 8.07. The van der Waals surface area contributed by atoms with E-state index in [2.05, 4.69) is 41.1 Å². The van der Waals surface area contributed by atoms with Gasteiger partial charge < -0.3 is 14.7 Å². The fourth-order valence-electron chi connectivity index (χ4n) is 3.94. The fraction of sp³-hybridized carbons (Fsp3) is 0.591. The second-order valence-electron chi connectivity index (χ2n) is 8.07. The van der Waals surface area contributed by atoms with E-state index in [-0.39, 0.29) is 11.7 Å². The van der Waals surface area contributed by atoms with Crippen molar-refractivity contribution in [3.05, 3.63) is 35.7 Å². The molecular formula is C22H31FN4O2. The third kappa shape index (κ3) is 5.55. The molecular weight excluding hydrogens is 371 g/mol. The molecule has 1 aromatic carbocycles. The van der Waals surface area contributed by atoms with E-state index in [4.69, 9.17) is 4.52 Å². The first kappa shape index (κ1) is 21.3. The third-order valence-electron chi connectivity index (χ3n) is 5.39. The van der Waals surface area contributed by atoms with Gasteiger partial charge in [0, 0.05) is 37.5 Å². The molecule has 0 aliphatic carbocycles. The van der Waals surface area contributed by atoms with Crippen molar-refractivity contribution in [1.29, 1.82) is 0 Å². The molecule has 1 atom stereocenters. The molecule has 6 nitrogen and oxygen atoms in total. The van der Waals surface area contributed by atoms with Crippen LogP contribution in [0.4, 0.5) is 15.8 Å². The molecule has 0 bridgehead atoms. The number of amides is 1. The van der Waals surface area contributed by atoms with Gasteiger partial charge in [-0.25, -0.2) is 4.39 Å². The van der Waals surface area contributed by atoms with Gasteiger partial charge in [-0.15, -0.1) is 0 Å². The van der Waals surface area contributed by atoms with Crippen LogP contribution in [0.3, 0.4) is 0 Å². The van der Waals surface area contributed by atoms with E-state index in [1.807, 2.05) is 0 Å². The number of hydrogen-bond donors (Lipinski definition) is 1. The molecule has 0 unspecified atom stereocenters. The Morgan fingerprint density at radius 2 is 2.21 bits per heavy atom. The Morgan fingerprint density at radius 1 is 1.38 bits per heavy atom. The Morgan fingerprint density at radius 3 is 2.93 bits per heavy atom. The molecule has 1 aromatic heterocycles. The Bertz CT molecular complexity index is 821. The summed E-state index contributed by atoms with van der Waals surface area (Å²) >= 11 is 0. The zero-order chi connectivity index (χ0) is 20.8. The topological polar surface area (TPSA) is 71.3 Å².